The van der Waals surface area contributed by atoms with Crippen LogP contribution in [-0.2, 0) is 16.1 Å². The minimum absolute atomic E-state index is 0.0126. The number of urea groups is 1. The third-order valence-corrected chi connectivity index (χ3v) is 5.04. The molecule has 0 spiro atoms. The van der Waals surface area contributed by atoms with Gasteiger partial charge < -0.3 is 23.9 Å². The van der Waals surface area contributed by atoms with Crippen LogP contribution in [0.2, 0.25) is 0 Å². The van der Waals surface area contributed by atoms with E-state index in [0.29, 0.717) is 28.1 Å². The van der Waals surface area contributed by atoms with Crippen molar-refractivity contribution < 1.29 is 33.0 Å². The molecule has 0 aliphatic carbocycles. The van der Waals surface area contributed by atoms with Crippen molar-refractivity contribution in [3.8, 4) is 11.5 Å². The molecule has 170 valence electrons. The second-order valence-corrected chi connectivity index (χ2v) is 7.91. The van der Waals surface area contributed by atoms with Crippen LogP contribution >= 0.6 is 15.9 Å². The molecule has 1 aromatic heterocycles. The van der Waals surface area contributed by atoms with Gasteiger partial charge in [0, 0.05) is 4.47 Å². The summed E-state index contributed by atoms with van der Waals surface area (Å²) in [5.74, 6) is 0.174. The molecule has 0 unspecified atom stereocenters. The first kappa shape index (κ1) is 23.4. The SMILES string of the molecule is CCOc1cc(/C=C2\NC(=O)N(Cc3ccc(C(=O)OC)o3)C2=O)c(Br)cc1OC(C)C. The van der Waals surface area contributed by atoms with Gasteiger partial charge >= 0.3 is 12.0 Å². The Labute approximate surface area is 193 Å². The Morgan fingerprint density at radius 1 is 1.25 bits per heavy atom. The number of esters is 1. The molecule has 1 fully saturated rings. The number of nitrogens with one attached hydrogen (secondary N) is 1. The summed E-state index contributed by atoms with van der Waals surface area (Å²) in [6.07, 6.45) is 1.50. The normalized spacial score (nSPS) is 14.8. The first-order valence-corrected chi connectivity index (χ1v) is 10.7. The van der Waals surface area contributed by atoms with Gasteiger partial charge in [-0.15, -0.1) is 0 Å². The van der Waals surface area contributed by atoms with E-state index < -0.39 is 17.9 Å². The molecule has 1 N–H and O–H groups in total. The van der Waals surface area contributed by atoms with Gasteiger partial charge in [-0.3, -0.25) is 9.69 Å². The van der Waals surface area contributed by atoms with Crippen molar-refractivity contribution in [2.45, 2.75) is 33.4 Å². The summed E-state index contributed by atoms with van der Waals surface area (Å²) in [4.78, 5) is 37.7. The highest BCUT2D eigenvalue weighted by Gasteiger charge is 2.34. The molecule has 9 nitrogen and oxygen atoms in total. The zero-order chi connectivity index (χ0) is 23.4. The van der Waals surface area contributed by atoms with E-state index in [4.69, 9.17) is 13.9 Å². The average molecular weight is 507 g/mol. The van der Waals surface area contributed by atoms with Crippen molar-refractivity contribution in [1.29, 1.82) is 0 Å². The molecule has 0 radical (unpaired) electrons. The zero-order valence-electron chi connectivity index (χ0n) is 18.1. The highest BCUT2D eigenvalue weighted by atomic mass is 79.9. The van der Waals surface area contributed by atoms with E-state index >= 15 is 0 Å². The summed E-state index contributed by atoms with van der Waals surface area (Å²) in [5, 5.41) is 2.56. The predicted octanol–water partition coefficient (Wildman–Crippen LogP) is 4.11. The summed E-state index contributed by atoms with van der Waals surface area (Å²) >= 11 is 3.48. The fraction of sp³-hybridized carbons (Fsp3) is 0.318. The number of amides is 3. The Bertz CT molecular complexity index is 1070. The maximum absolute atomic E-state index is 12.8. The maximum atomic E-state index is 12.8. The van der Waals surface area contributed by atoms with E-state index in [2.05, 4.69) is 26.0 Å². The lowest BCUT2D eigenvalue weighted by molar-refractivity contribution is -0.123. The summed E-state index contributed by atoms with van der Waals surface area (Å²) in [6, 6.07) is 5.82. The number of hydrogen-bond donors (Lipinski definition) is 1. The number of benzene rings is 1. The number of methoxy groups -OCH3 is 1. The van der Waals surface area contributed by atoms with Crippen molar-refractivity contribution >= 4 is 39.9 Å². The Balaban J connectivity index is 1.84. The molecule has 1 aliphatic heterocycles. The summed E-state index contributed by atoms with van der Waals surface area (Å²) in [5.41, 5.74) is 0.719. The van der Waals surface area contributed by atoms with Gasteiger partial charge in [-0.1, -0.05) is 15.9 Å². The highest BCUT2D eigenvalue weighted by Crippen LogP contribution is 2.36. The number of furan rings is 1. The topological polar surface area (TPSA) is 107 Å². The molecule has 3 rings (SSSR count). The maximum Gasteiger partial charge on any atom is 0.373 e. The molecule has 2 heterocycles. The van der Waals surface area contributed by atoms with Crippen LogP contribution < -0.4 is 14.8 Å². The second-order valence-electron chi connectivity index (χ2n) is 7.06. The monoisotopic (exact) mass is 506 g/mol. The quantitative estimate of drug-likeness (QED) is 0.326. The number of carbonyl (C=O) groups is 3. The van der Waals surface area contributed by atoms with Gasteiger partial charge in [0.05, 0.1) is 26.4 Å². The number of rotatable bonds is 8. The van der Waals surface area contributed by atoms with Gasteiger partial charge in [0.1, 0.15) is 11.5 Å². The highest BCUT2D eigenvalue weighted by molar-refractivity contribution is 9.10. The third kappa shape index (κ3) is 5.13. The number of nitrogens with zero attached hydrogens (tertiary/aromatic N) is 1. The molecule has 1 aromatic carbocycles. The molecule has 2 aromatic rings. The van der Waals surface area contributed by atoms with Crippen molar-refractivity contribution in [2.75, 3.05) is 13.7 Å². The van der Waals surface area contributed by atoms with Gasteiger partial charge in [-0.05, 0) is 56.7 Å². The summed E-state index contributed by atoms with van der Waals surface area (Å²) < 4.78 is 22.1. The predicted molar refractivity (Wildman–Crippen MR) is 118 cm³/mol. The van der Waals surface area contributed by atoms with Crippen LogP contribution in [0.15, 0.2) is 38.9 Å². The summed E-state index contributed by atoms with van der Waals surface area (Å²) in [7, 11) is 1.23. The van der Waals surface area contributed by atoms with Crippen LogP contribution in [0.3, 0.4) is 0 Å². The molecule has 0 atom stereocenters. The first-order chi connectivity index (χ1) is 15.2. The molecule has 10 heteroatoms. The second kappa shape index (κ2) is 9.90. The van der Waals surface area contributed by atoms with E-state index in [1.54, 1.807) is 18.2 Å². The Kier molecular flexibility index (Phi) is 7.24. The van der Waals surface area contributed by atoms with E-state index in [1.165, 1.54) is 19.2 Å². The lowest BCUT2D eigenvalue weighted by Crippen LogP contribution is -2.30. The van der Waals surface area contributed by atoms with E-state index in [0.717, 1.165) is 4.90 Å². The number of hydrogen-bond acceptors (Lipinski definition) is 7. The van der Waals surface area contributed by atoms with Crippen LogP contribution in [-0.4, -0.2) is 42.6 Å². The van der Waals surface area contributed by atoms with E-state index in [1.807, 2.05) is 20.8 Å². The molecule has 3 amide bonds. The van der Waals surface area contributed by atoms with Crippen molar-refractivity contribution in [1.82, 2.24) is 10.2 Å². The van der Waals surface area contributed by atoms with E-state index in [-0.39, 0.29) is 29.9 Å². The minimum Gasteiger partial charge on any atom is -0.490 e. The molecule has 1 saturated heterocycles. The first-order valence-electron chi connectivity index (χ1n) is 9.88. The van der Waals surface area contributed by atoms with Crippen LogP contribution in [0, 0.1) is 0 Å². The third-order valence-electron chi connectivity index (χ3n) is 4.35. The fourth-order valence-corrected chi connectivity index (χ4v) is 3.41. The van der Waals surface area contributed by atoms with Gasteiger partial charge in [-0.25, -0.2) is 9.59 Å². The van der Waals surface area contributed by atoms with Crippen LogP contribution in [0.25, 0.3) is 6.08 Å². The molecule has 1 aliphatic rings. The lowest BCUT2D eigenvalue weighted by atomic mass is 10.1. The van der Waals surface area contributed by atoms with Crippen molar-refractivity contribution in [3.05, 3.63) is 51.5 Å². The number of imide groups is 1. The Hall–Kier alpha value is -3.27. The molecule has 32 heavy (non-hydrogen) atoms. The largest absolute Gasteiger partial charge is 0.490 e. The molecular formula is C22H23BrN2O7. The molecule has 0 bridgehead atoms. The standard InChI is InChI=1S/C22H23BrN2O7/c1-5-30-18-9-13(15(23)10-19(18)31-12(2)3)8-16-20(26)25(22(28)24-16)11-14-6-7-17(32-14)21(27)29-4/h6-10,12H,5,11H2,1-4H3,(H,24,28)/b16-8-. The molecule has 0 saturated carbocycles. The summed E-state index contributed by atoms with van der Waals surface area (Å²) in [6.45, 7) is 5.98. The van der Waals surface area contributed by atoms with Crippen molar-refractivity contribution in [3.63, 3.8) is 0 Å². The van der Waals surface area contributed by atoms with Crippen molar-refractivity contribution in [2.24, 2.45) is 0 Å². The lowest BCUT2D eigenvalue weighted by Gasteiger charge is -2.16. The number of ether oxygens (including phenoxy) is 3. The zero-order valence-corrected chi connectivity index (χ0v) is 19.6. The Morgan fingerprint density at radius 3 is 2.66 bits per heavy atom. The van der Waals surface area contributed by atoms with Gasteiger partial charge in [0.2, 0.25) is 5.76 Å². The van der Waals surface area contributed by atoms with Gasteiger partial charge in [0.25, 0.3) is 5.91 Å². The van der Waals surface area contributed by atoms with Gasteiger partial charge in [-0.2, -0.15) is 0 Å². The number of halogens is 1. The van der Waals surface area contributed by atoms with Crippen LogP contribution in [0.4, 0.5) is 4.79 Å². The molecular weight excluding hydrogens is 484 g/mol. The van der Waals surface area contributed by atoms with E-state index in [9.17, 15) is 14.4 Å². The van der Waals surface area contributed by atoms with Crippen LogP contribution in [0.5, 0.6) is 11.5 Å². The number of carbonyl (C=O) groups excluding carboxylic acids is 3. The van der Waals surface area contributed by atoms with Crippen LogP contribution in [0.1, 0.15) is 42.6 Å². The average Bonchev–Trinajstić information content (AvgIpc) is 3.31. The fourth-order valence-electron chi connectivity index (χ4n) is 2.98. The van der Waals surface area contributed by atoms with Gasteiger partial charge in [0.15, 0.2) is 11.5 Å². The Morgan fingerprint density at radius 2 is 2.00 bits per heavy atom. The smallest absolute Gasteiger partial charge is 0.373 e. The minimum atomic E-state index is -0.645.